The highest BCUT2D eigenvalue weighted by Gasteiger charge is 2.39. The van der Waals surface area contributed by atoms with Gasteiger partial charge in [0.25, 0.3) is 0 Å². The van der Waals surface area contributed by atoms with Crippen LogP contribution in [0.4, 0.5) is 0 Å². The van der Waals surface area contributed by atoms with E-state index in [4.69, 9.17) is 0 Å². The number of likely N-dealkylation sites (N-methyl/N-ethyl adjacent to an activating group) is 1. The van der Waals surface area contributed by atoms with Gasteiger partial charge in [0.15, 0.2) is 0 Å². The first-order valence-corrected chi connectivity index (χ1v) is 8.79. The van der Waals surface area contributed by atoms with Crippen molar-refractivity contribution < 1.29 is 0 Å². The number of rotatable bonds is 4. The average Bonchev–Trinajstić information content (AvgIpc) is 3.10. The fraction of sp³-hybridized carbons (Fsp3) is 0.684. The number of nitrogens with zero attached hydrogens (tertiary/aromatic N) is 1. The van der Waals surface area contributed by atoms with Crippen molar-refractivity contribution >= 4 is 0 Å². The van der Waals surface area contributed by atoms with Gasteiger partial charge in [0.2, 0.25) is 0 Å². The molecule has 0 spiro atoms. The van der Waals surface area contributed by atoms with Gasteiger partial charge in [-0.1, -0.05) is 30.7 Å². The summed E-state index contributed by atoms with van der Waals surface area (Å²) in [5.41, 5.74) is 3.08. The Kier molecular flexibility index (Phi) is 3.76. The minimum absolute atomic E-state index is 0.526. The summed E-state index contributed by atoms with van der Waals surface area (Å²) in [6.07, 6.45) is 7.24. The zero-order valence-electron chi connectivity index (χ0n) is 13.2. The van der Waals surface area contributed by atoms with E-state index in [0.29, 0.717) is 6.04 Å². The third kappa shape index (κ3) is 2.76. The summed E-state index contributed by atoms with van der Waals surface area (Å²) in [7, 11) is 2.32. The molecule has 2 aliphatic carbocycles. The molecular formula is C19H28N2. The van der Waals surface area contributed by atoms with Crippen LogP contribution in [0, 0.1) is 17.8 Å². The van der Waals surface area contributed by atoms with E-state index in [0.717, 1.165) is 30.8 Å². The van der Waals surface area contributed by atoms with E-state index in [1.54, 1.807) is 5.56 Å². The molecule has 1 aliphatic heterocycles. The van der Waals surface area contributed by atoms with Crippen LogP contribution in [0.2, 0.25) is 0 Å². The lowest BCUT2D eigenvalue weighted by Gasteiger charge is -2.33. The number of fused-ring (bicyclic) bond motifs is 3. The summed E-state index contributed by atoms with van der Waals surface area (Å²) in [5.74, 6) is 3.10. The van der Waals surface area contributed by atoms with Crippen LogP contribution >= 0.6 is 0 Å². The van der Waals surface area contributed by atoms with Crippen molar-refractivity contribution in [2.45, 2.75) is 38.1 Å². The zero-order chi connectivity index (χ0) is 14.2. The lowest BCUT2D eigenvalue weighted by Crippen LogP contribution is -2.39. The third-order valence-electron chi connectivity index (χ3n) is 6.14. The van der Waals surface area contributed by atoms with Crippen molar-refractivity contribution in [2.24, 2.45) is 17.8 Å². The smallest absolute Gasteiger partial charge is 0.0452 e. The molecule has 3 aliphatic rings. The molecule has 4 atom stereocenters. The maximum atomic E-state index is 3.72. The molecule has 0 saturated heterocycles. The van der Waals surface area contributed by atoms with Gasteiger partial charge in [-0.05, 0) is 68.2 Å². The van der Waals surface area contributed by atoms with E-state index < -0.39 is 0 Å². The molecule has 0 aromatic heterocycles. The van der Waals surface area contributed by atoms with Crippen LogP contribution in [0.1, 0.15) is 42.9 Å². The Morgan fingerprint density at radius 1 is 1.14 bits per heavy atom. The normalized spacial score (nSPS) is 34.4. The topological polar surface area (TPSA) is 15.3 Å². The molecule has 4 rings (SSSR count). The Morgan fingerprint density at radius 2 is 2.05 bits per heavy atom. The molecule has 2 heteroatoms. The van der Waals surface area contributed by atoms with Gasteiger partial charge in [0.1, 0.15) is 0 Å². The second kappa shape index (κ2) is 5.73. The molecule has 21 heavy (non-hydrogen) atoms. The number of benzene rings is 1. The molecule has 2 bridgehead atoms. The number of nitrogens with one attached hydrogen (secondary N) is 1. The monoisotopic (exact) mass is 284 g/mol. The lowest BCUT2D eigenvalue weighted by atomic mass is 9.88. The van der Waals surface area contributed by atoms with Crippen molar-refractivity contribution in [3.8, 4) is 0 Å². The van der Waals surface area contributed by atoms with E-state index in [9.17, 15) is 0 Å². The molecule has 1 aromatic carbocycles. The minimum Gasteiger partial charge on any atom is -0.309 e. The van der Waals surface area contributed by atoms with Crippen LogP contribution in [0.5, 0.6) is 0 Å². The van der Waals surface area contributed by atoms with E-state index in [2.05, 4.69) is 41.5 Å². The zero-order valence-corrected chi connectivity index (χ0v) is 13.2. The van der Waals surface area contributed by atoms with Crippen LogP contribution in [-0.2, 0) is 6.42 Å². The first-order chi connectivity index (χ1) is 10.3. The molecule has 2 nitrogen and oxygen atoms in total. The molecule has 0 radical (unpaired) electrons. The van der Waals surface area contributed by atoms with Gasteiger partial charge in [-0.3, -0.25) is 0 Å². The molecule has 4 unspecified atom stereocenters. The van der Waals surface area contributed by atoms with E-state index in [1.807, 2.05) is 0 Å². The Balaban J connectivity index is 1.38. The summed E-state index contributed by atoms with van der Waals surface area (Å²) >= 11 is 0. The van der Waals surface area contributed by atoms with Gasteiger partial charge < -0.3 is 10.2 Å². The highest BCUT2D eigenvalue weighted by molar-refractivity contribution is 5.32. The van der Waals surface area contributed by atoms with Gasteiger partial charge >= 0.3 is 0 Å². The summed E-state index contributed by atoms with van der Waals surface area (Å²) in [6, 6.07) is 9.52. The Hall–Kier alpha value is -0.860. The second-order valence-electron chi connectivity index (χ2n) is 7.61. The van der Waals surface area contributed by atoms with E-state index in [-0.39, 0.29) is 0 Å². The summed E-state index contributed by atoms with van der Waals surface area (Å²) in [4.78, 5) is 2.59. The summed E-state index contributed by atoms with van der Waals surface area (Å²) < 4.78 is 0. The predicted molar refractivity (Wildman–Crippen MR) is 87.3 cm³/mol. The minimum atomic E-state index is 0.526. The predicted octanol–water partition coefficient (Wildman–Crippen LogP) is 3.24. The Morgan fingerprint density at radius 3 is 2.86 bits per heavy atom. The molecule has 1 N–H and O–H groups in total. The largest absolute Gasteiger partial charge is 0.309 e. The first kappa shape index (κ1) is 13.8. The van der Waals surface area contributed by atoms with Crippen LogP contribution in [0.3, 0.4) is 0 Å². The van der Waals surface area contributed by atoms with Gasteiger partial charge in [-0.25, -0.2) is 0 Å². The van der Waals surface area contributed by atoms with Crippen molar-refractivity contribution in [3.05, 3.63) is 35.4 Å². The van der Waals surface area contributed by atoms with Crippen molar-refractivity contribution in [3.63, 3.8) is 0 Å². The maximum Gasteiger partial charge on any atom is 0.0452 e. The SMILES string of the molecule is CN(CC1NCCc2ccccc21)CC1CC2CCC1C2. The summed E-state index contributed by atoms with van der Waals surface area (Å²) in [5, 5.41) is 3.72. The highest BCUT2D eigenvalue weighted by Crippen LogP contribution is 2.48. The van der Waals surface area contributed by atoms with Gasteiger partial charge in [-0.15, -0.1) is 0 Å². The van der Waals surface area contributed by atoms with Crippen LogP contribution < -0.4 is 5.32 Å². The maximum absolute atomic E-state index is 3.72. The quantitative estimate of drug-likeness (QED) is 0.913. The number of hydrogen-bond acceptors (Lipinski definition) is 2. The van der Waals surface area contributed by atoms with Crippen molar-refractivity contribution in [2.75, 3.05) is 26.7 Å². The van der Waals surface area contributed by atoms with Gasteiger partial charge in [-0.2, -0.15) is 0 Å². The number of hydrogen-bond donors (Lipinski definition) is 1. The van der Waals surface area contributed by atoms with Crippen molar-refractivity contribution in [1.82, 2.24) is 10.2 Å². The van der Waals surface area contributed by atoms with E-state index >= 15 is 0 Å². The molecule has 1 heterocycles. The first-order valence-electron chi connectivity index (χ1n) is 8.79. The fourth-order valence-corrected chi connectivity index (χ4v) is 5.14. The van der Waals surface area contributed by atoms with Crippen molar-refractivity contribution in [1.29, 1.82) is 0 Å². The van der Waals surface area contributed by atoms with Gasteiger partial charge in [0.05, 0.1) is 0 Å². The molecule has 2 saturated carbocycles. The standard InChI is InChI=1S/C19H28N2/c1-21(12-17-11-14-6-7-16(17)10-14)13-19-18-5-3-2-4-15(18)8-9-20-19/h2-5,14,16-17,19-20H,6-13H2,1H3. The second-order valence-corrected chi connectivity index (χ2v) is 7.61. The summed E-state index contributed by atoms with van der Waals surface area (Å²) in [6.45, 7) is 3.59. The van der Waals surface area contributed by atoms with Crippen LogP contribution in [0.25, 0.3) is 0 Å². The van der Waals surface area contributed by atoms with E-state index in [1.165, 1.54) is 44.2 Å². The molecular weight excluding hydrogens is 256 g/mol. The molecule has 114 valence electrons. The average molecular weight is 284 g/mol. The molecule has 1 aromatic rings. The molecule has 2 fully saturated rings. The third-order valence-corrected chi connectivity index (χ3v) is 6.14. The van der Waals surface area contributed by atoms with Crippen LogP contribution in [-0.4, -0.2) is 31.6 Å². The Bertz CT molecular complexity index is 498. The fourth-order valence-electron chi connectivity index (χ4n) is 5.14. The van der Waals surface area contributed by atoms with Crippen LogP contribution in [0.15, 0.2) is 24.3 Å². The molecule has 0 amide bonds. The Labute approximate surface area is 128 Å². The lowest BCUT2D eigenvalue weighted by molar-refractivity contribution is 0.202. The van der Waals surface area contributed by atoms with Gasteiger partial charge in [0, 0.05) is 19.1 Å². The highest BCUT2D eigenvalue weighted by atomic mass is 15.1.